The predicted octanol–water partition coefficient (Wildman–Crippen LogP) is 3.94. The number of hydrogen-bond acceptors (Lipinski definition) is 4. The standard InChI is InChI=1S/C27H33FN4O2/c1-30(27(33)20-34-2)25(18-21-8-10-23(28)11-9-21)22-12-16-31(17-13-22)19-24-6-5-15-32(24)26-7-3-4-14-29-26/h3-11,14-15,22,25H,12-13,16-20H2,1-2H3/t25-/m1/s1. The molecule has 0 radical (unpaired) electrons. The van der Waals surface area contributed by atoms with Gasteiger partial charge in [0, 0.05) is 44.8 Å². The lowest BCUT2D eigenvalue weighted by atomic mass is 9.85. The van der Waals surface area contributed by atoms with E-state index in [1.165, 1.54) is 17.8 Å². The van der Waals surface area contributed by atoms with Gasteiger partial charge in [0.25, 0.3) is 0 Å². The van der Waals surface area contributed by atoms with Crippen molar-refractivity contribution in [1.82, 2.24) is 19.4 Å². The van der Waals surface area contributed by atoms with Gasteiger partial charge in [-0.2, -0.15) is 0 Å². The number of hydrogen-bond donors (Lipinski definition) is 0. The first-order chi connectivity index (χ1) is 16.5. The van der Waals surface area contributed by atoms with Crippen LogP contribution in [0.3, 0.4) is 0 Å². The average Bonchev–Trinajstić information content (AvgIpc) is 3.33. The molecule has 7 heteroatoms. The number of carbonyl (C=O) groups excluding carboxylic acids is 1. The van der Waals surface area contributed by atoms with E-state index in [2.05, 4.69) is 32.8 Å². The van der Waals surface area contributed by atoms with E-state index < -0.39 is 0 Å². The van der Waals surface area contributed by atoms with Gasteiger partial charge in [-0.1, -0.05) is 18.2 Å². The molecule has 0 N–H and O–H groups in total. The number of amides is 1. The van der Waals surface area contributed by atoms with E-state index in [9.17, 15) is 9.18 Å². The van der Waals surface area contributed by atoms with Crippen LogP contribution in [0.2, 0.25) is 0 Å². The molecule has 0 bridgehead atoms. The van der Waals surface area contributed by atoms with Crippen molar-refractivity contribution in [2.45, 2.75) is 31.8 Å². The largest absolute Gasteiger partial charge is 0.375 e. The lowest BCUT2D eigenvalue weighted by molar-refractivity contribution is -0.137. The lowest BCUT2D eigenvalue weighted by Crippen LogP contribution is -2.48. The number of likely N-dealkylation sites (N-methyl/N-ethyl adjacent to an activating group) is 1. The summed E-state index contributed by atoms with van der Waals surface area (Å²) in [7, 11) is 3.40. The molecule has 6 nitrogen and oxygen atoms in total. The molecule has 3 aromatic rings. The Morgan fingerprint density at radius 2 is 1.91 bits per heavy atom. The molecule has 1 aromatic carbocycles. The number of carbonyl (C=O) groups is 1. The number of ether oxygens (including phenoxy) is 1. The number of benzene rings is 1. The molecule has 2 aromatic heterocycles. The molecular formula is C27H33FN4O2. The fourth-order valence-electron chi connectivity index (χ4n) is 4.88. The molecule has 1 saturated heterocycles. The Hall–Kier alpha value is -3.03. The molecule has 1 fully saturated rings. The smallest absolute Gasteiger partial charge is 0.248 e. The monoisotopic (exact) mass is 464 g/mol. The van der Waals surface area contributed by atoms with Gasteiger partial charge in [-0.15, -0.1) is 0 Å². The van der Waals surface area contributed by atoms with Crippen molar-refractivity contribution in [3.05, 3.63) is 84.1 Å². The number of piperidine rings is 1. The van der Waals surface area contributed by atoms with E-state index >= 15 is 0 Å². The summed E-state index contributed by atoms with van der Waals surface area (Å²) in [4.78, 5) is 21.4. The summed E-state index contributed by atoms with van der Waals surface area (Å²) >= 11 is 0. The van der Waals surface area contributed by atoms with Crippen molar-refractivity contribution in [2.24, 2.45) is 5.92 Å². The van der Waals surface area contributed by atoms with Crippen LogP contribution in [0.25, 0.3) is 5.82 Å². The summed E-state index contributed by atoms with van der Waals surface area (Å²) < 4.78 is 20.6. The highest BCUT2D eigenvalue weighted by molar-refractivity contribution is 5.77. The Kier molecular flexibility index (Phi) is 8.08. The van der Waals surface area contributed by atoms with Crippen molar-refractivity contribution < 1.29 is 13.9 Å². The fourth-order valence-corrected chi connectivity index (χ4v) is 4.88. The number of halogens is 1. The van der Waals surface area contributed by atoms with Crippen LogP contribution < -0.4 is 0 Å². The van der Waals surface area contributed by atoms with Gasteiger partial charge in [-0.25, -0.2) is 9.37 Å². The van der Waals surface area contributed by atoms with Crippen molar-refractivity contribution >= 4 is 5.91 Å². The van der Waals surface area contributed by atoms with Gasteiger partial charge in [0.2, 0.25) is 5.91 Å². The van der Waals surface area contributed by atoms with Crippen molar-refractivity contribution in [3.63, 3.8) is 0 Å². The minimum absolute atomic E-state index is 0.0229. The van der Waals surface area contributed by atoms with Gasteiger partial charge in [0.1, 0.15) is 18.2 Å². The minimum Gasteiger partial charge on any atom is -0.375 e. The molecule has 1 amide bonds. The molecule has 1 atom stereocenters. The first kappa shape index (κ1) is 24.1. The summed E-state index contributed by atoms with van der Waals surface area (Å²) in [5.41, 5.74) is 2.26. The summed E-state index contributed by atoms with van der Waals surface area (Å²) in [5.74, 6) is 1.03. The fraction of sp³-hybridized carbons (Fsp3) is 0.407. The first-order valence-corrected chi connectivity index (χ1v) is 11.8. The van der Waals surface area contributed by atoms with Crippen molar-refractivity contribution in [2.75, 3.05) is 33.9 Å². The zero-order valence-electron chi connectivity index (χ0n) is 19.9. The van der Waals surface area contributed by atoms with Crippen LogP contribution in [0.15, 0.2) is 67.0 Å². The molecule has 4 rings (SSSR count). The second-order valence-electron chi connectivity index (χ2n) is 9.01. The maximum atomic E-state index is 13.4. The predicted molar refractivity (Wildman–Crippen MR) is 130 cm³/mol. The van der Waals surface area contributed by atoms with Gasteiger partial charge >= 0.3 is 0 Å². The Morgan fingerprint density at radius 3 is 2.59 bits per heavy atom. The van der Waals surface area contributed by atoms with Crippen LogP contribution in [-0.2, 0) is 22.5 Å². The van der Waals surface area contributed by atoms with Gasteiger partial charge in [-0.05, 0) is 80.2 Å². The number of rotatable bonds is 9. The summed E-state index contributed by atoms with van der Waals surface area (Å²) in [6.07, 6.45) is 6.58. The molecular weight excluding hydrogens is 431 g/mol. The number of likely N-dealkylation sites (tertiary alicyclic amines) is 1. The van der Waals surface area contributed by atoms with Crippen LogP contribution in [0.5, 0.6) is 0 Å². The topological polar surface area (TPSA) is 50.6 Å². The van der Waals surface area contributed by atoms with E-state index in [4.69, 9.17) is 4.74 Å². The van der Waals surface area contributed by atoms with Crippen LogP contribution in [0.1, 0.15) is 24.1 Å². The Balaban J connectivity index is 1.42. The summed E-state index contributed by atoms with van der Waals surface area (Å²) in [6, 6.07) is 16.8. The third-order valence-electron chi connectivity index (χ3n) is 6.81. The van der Waals surface area contributed by atoms with Gasteiger partial charge in [-0.3, -0.25) is 9.69 Å². The van der Waals surface area contributed by atoms with E-state index in [1.54, 1.807) is 7.11 Å². The highest BCUT2D eigenvalue weighted by atomic mass is 19.1. The van der Waals surface area contributed by atoms with Crippen LogP contribution in [0.4, 0.5) is 4.39 Å². The van der Waals surface area contributed by atoms with Crippen LogP contribution >= 0.6 is 0 Å². The molecule has 1 aliphatic heterocycles. The first-order valence-electron chi connectivity index (χ1n) is 11.8. The van der Waals surface area contributed by atoms with Crippen LogP contribution in [0, 0.1) is 11.7 Å². The molecule has 0 saturated carbocycles. The number of aromatic nitrogens is 2. The van der Waals surface area contributed by atoms with E-state index in [0.29, 0.717) is 12.3 Å². The SMILES string of the molecule is COCC(=O)N(C)[C@H](Cc1ccc(F)cc1)C1CCN(Cc2cccn2-c2ccccn2)CC1. The maximum Gasteiger partial charge on any atom is 0.248 e. The Morgan fingerprint density at radius 1 is 1.15 bits per heavy atom. The quantitative estimate of drug-likeness (QED) is 0.481. The van der Waals surface area contributed by atoms with Gasteiger partial charge < -0.3 is 14.2 Å². The zero-order valence-corrected chi connectivity index (χ0v) is 19.9. The third-order valence-corrected chi connectivity index (χ3v) is 6.81. The Bertz CT molecular complexity index is 1050. The van der Waals surface area contributed by atoms with Gasteiger partial charge in [0.15, 0.2) is 0 Å². The number of methoxy groups -OCH3 is 1. The number of nitrogens with zero attached hydrogens (tertiary/aromatic N) is 4. The Labute approximate surface area is 201 Å². The third kappa shape index (κ3) is 5.90. The highest BCUT2D eigenvalue weighted by Crippen LogP contribution is 2.28. The number of pyridine rings is 1. The maximum absolute atomic E-state index is 13.4. The average molecular weight is 465 g/mol. The molecule has 0 aliphatic carbocycles. The zero-order chi connectivity index (χ0) is 23.9. The van der Waals surface area contributed by atoms with E-state index in [-0.39, 0.29) is 24.4 Å². The highest BCUT2D eigenvalue weighted by Gasteiger charge is 2.31. The molecule has 180 valence electrons. The van der Waals surface area contributed by atoms with Crippen molar-refractivity contribution in [3.8, 4) is 5.82 Å². The summed E-state index contributed by atoms with van der Waals surface area (Å²) in [5, 5.41) is 0. The molecule has 3 heterocycles. The molecule has 34 heavy (non-hydrogen) atoms. The molecule has 0 spiro atoms. The summed E-state index contributed by atoms with van der Waals surface area (Å²) in [6.45, 7) is 2.85. The minimum atomic E-state index is -0.243. The van der Waals surface area contributed by atoms with Gasteiger partial charge in [0.05, 0.1) is 0 Å². The second kappa shape index (κ2) is 11.4. The molecule has 1 aliphatic rings. The van der Waals surface area contributed by atoms with Crippen LogP contribution in [-0.4, -0.2) is 65.2 Å². The normalized spacial score (nSPS) is 15.9. The van der Waals surface area contributed by atoms with Crippen molar-refractivity contribution in [1.29, 1.82) is 0 Å². The molecule has 0 unspecified atom stereocenters. The second-order valence-corrected chi connectivity index (χ2v) is 9.01. The van der Waals surface area contributed by atoms with E-state index in [1.807, 2.05) is 48.5 Å². The van der Waals surface area contributed by atoms with E-state index in [0.717, 1.165) is 43.9 Å². The lowest BCUT2D eigenvalue weighted by Gasteiger charge is -2.40.